The van der Waals surface area contributed by atoms with E-state index in [-0.39, 0.29) is 5.75 Å². The molecule has 0 saturated heterocycles. The monoisotopic (exact) mass is 298 g/mol. The van der Waals surface area contributed by atoms with Gasteiger partial charge in [-0.3, -0.25) is 4.90 Å². The lowest BCUT2D eigenvalue weighted by molar-refractivity contribution is -0.275. The number of aromatic nitrogens is 1. The van der Waals surface area contributed by atoms with Gasteiger partial charge in [0.15, 0.2) is 0 Å². The van der Waals surface area contributed by atoms with Crippen molar-refractivity contribution < 1.29 is 17.9 Å². The normalized spacial score (nSPS) is 11.9. The molecule has 0 fully saturated rings. The van der Waals surface area contributed by atoms with Crippen LogP contribution in [0.25, 0.3) is 0 Å². The Morgan fingerprint density at radius 3 is 2.43 bits per heavy atom. The zero-order valence-corrected chi connectivity index (χ0v) is 11.9. The number of halogens is 3. The van der Waals surface area contributed by atoms with Gasteiger partial charge in [0, 0.05) is 37.6 Å². The van der Waals surface area contributed by atoms with E-state index in [4.69, 9.17) is 0 Å². The van der Waals surface area contributed by atoms with Gasteiger partial charge in [-0.1, -0.05) is 18.2 Å². The van der Waals surface area contributed by atoms with E-state index in [9.17, 15) is 13.2 Å². The number of hydrogen-bond acceptors (Lipinski definition) is 2. The lowest BCUT2D eigenvalue weighted by Gasteiger charge is -2.19. The van der Waals surface area contributed by atoms with Crippen molar-refractivity contribution in [3.05, 3.63) is 53.9 Å². The molecule has 6 heteroatoms. The molecule has 0 unspecified atom stereocenters. The number of rotatable bonds is 5. The molecule has 0 atom stereocenters. The van der Waals surface area contributed by atoms with Crippen LogP contribution in [0.2, 0.25) is 0 Å². The summed E-state index contributed by atoms with van der Waals surface area (Å²) in [6.45, 7) is 1.02. The lowest BCUT2D eigenvalue weighted by Crippen LogP contribution is -2.22. The first-order chi connectivity index (χ1) is 9.85. The van der Waals surface area contributed by atoms with Gasteiger partial charge in [-0.2, -0.15) is 0 Å². The van der Waals surface area contributed by atoms with Crippen molar-refractivity contribution in [2.24, 2.45) is 7.05 Å². The van der Waals surface area contributed by atoms with Gasteiger partial charge in [-0.05, 0) is 25.2 Å². The highest BCUT2D eigenvalue weighted by atomic mass is 19.4. The Bertz CT molecular complexity index is 593. The molecule has 1 heterocycles. The number of alkyl halides is 3. The van der Waals surface area contributed by atoms with Crippen LogP contribution >= 0.6 is 0 Å². The van der Waals surface area contributed by atoms with E-state index in [0.717, 1.165) is 5.69 Å². The first-order valence-electron chi connectivity index (χ1n) is 6.47. The van der Waals surface area contributed by atoms with Gasteiger partial charge in [-0.25, -0.2) is 0 Å². The van der Waals surface area contributed by atoms with Crippen molar-refractivity contribution in [1.82, 2.24) is 9.47 Å². The van der Waals surface area contributed by atoms with Crippen LogP contribution in [-0.2, 0) is 20.1 Å². The van der Waals surface area contributed by atoms with Gasteiger partial charge >= 0.3 is 6.36 Å². The predicted octanol–water partition coefficient (Wildman–Crippen LogP) is 3.56. The molecule has 1 aromatic carbocycles. The van der Waals surface area contributed by atoms with Crippen molar-refractivity contribution in [3.8, 4) is 5.75 Å². The van der Waals surface area contributed by atoms with Crippen LogP contribution in [-0.4, -0.2) is 22.9 Å². The number of nitrogens with zero attached hydrogens (tertiary/aromatic N) is 2. The summed E-state index contributed by atoms with van der Waals surface area (Å²) in [5.41, 5.74) is 1.60. The number of benzene rings is 1. The fourth-order valence-corrected chi connectivity index (χ4v) is 2.14. The SMILES string of the molecule is CN(Cc1ccccc1OC(F)(F)F)Cc1cccn1C. The second-order valence-electron chi connectivity index (χ2n) is 4.94. The van der Waals surface area contributed by atoms with Crippen LogP contribution < -0.4 is 4.74 Å². The number of hydrogen-bond donors (Lipinski definition) is 0. The smallest absolute Gasteiger partial charge is 0.405 e. The Morgan fingerprint density at radius 2 is 1.81 bits per heavy atom. The molecule has 114 valence electrons. The van der Waals surface area contributed by atoms with Crippen molar-refractivity contribution in [1.29, 1.82) is 0 Å². The molecule has 0 amide bonds. The first kappa shape index (κ1) is 15.4. The van der Waals surface area contributed by atoms with Gasteiger partial charge in [0.25, 0.3) is 0 Å². The molecular weight excluding hydrogens is 281 g/mol. The van der Waals surface area contributed by atoms with E-state index >= 15 is 0 Å². The Kier molecular flexibility index (Phi) is 4.57. The third-order valence-electron chi connectivity index (χ3n) is 3.12. The van der Waals surface area contributed by atoms with Crippen LogP contribution in [0.1, 0.15) is 11.3 Å². The van der Waals surface area contributed by atoms with Gasteiger partial charge in [0.1, 0.15) is 5.75 Å². The number of para-hydroxylation sites is 1. The quantitative estimate of drug-likeness (QED) is 0.840. The van der Waals surface area contributed by atoms with E-state index < -0.39 is 6.36 Å². The molecule has 3 nitrogen and oxygen atoms in total. The summed E-state index contributed by atoms with van der Waals surface area (Å²) in [6.07, 6.45) is -2.74. The summed E-state index contributed by atoms with van der Waals surface area (Å²) >= 11 is 0. The highest BCUT2D eigenvalue weighted by molar-refractivity contribution is 5.33. The maximum Gasteiger partial charge on any atom is 0.573 e. The molecule has 0 N–H and O–H groups in total. The van der Waals surface area contributed by atoms with Crippen molar-refractivity contribution in [2.75, 3.05) is 7.05 Å². The molecule has 0 spiro atoms. The number of aryl methyl sites for hydroxylation is 1. The van der Waals surface area contributed by atoms with Gasteiger partial charge in [0.05, 0.1) is 0 Å². The van der Waals surface area contributed by atoms with E-state index in [1.807, 2.05) is 41.9 Å². The molecular formula is C15H17F3N2O. The average molecular weight is 298 g/mol. The largest absolute Gasteiger partial charge is 0.573 e. The van der Waals surface area contributed by atoms with Crippen LogP contribution in [0.3, 0.4) is 0 Å². The molecule has 21 heavy (non-hydrogen) atoms. The van der Waals surface area contributed by atoms with Crippen LogP contribution in [0.5, 0.6) is 5.75 Å². The van der Waals surface area contributed by atoms with Gasteiger partial charge in [0.2, 0.25) is 0 Å². The summed E-state index contributed by atoms with van der Waals surface area (Å²) < 4.78 is 43.2. The maximum atomic E-state index is 12.4. The topological polar surface area (TPSA) is 17.4 Å². The van der Waals surface area contributed by atoms with Crippen molar-refractivity contribution in [2.45, 2.75) is 19.5 Å². The van der Waals surface area contributed by atoms with E-state index in [1.54, 1.807) is 12.1 Å². The van der Waals surface area contributed by atoms with Gasteiger partial charge < -0.3 is 9.30 Å². The second kappa shape index (κ2) is 6.22. The Labute approximate surface area is 121 Å². The third kappa shape index (κ3) is 4.53. The maximum absolute atomic E-state index is 12.4. The van der Waals surface area contributed by atoms with Crippen molar-refractivity contribution >= 4 is 0 Å². The first-order valence-corrected chi connectivity index (χ1v) is 6.47. The van der Waals surface area contributed by atoms with Gasteiger partial charge in [-0.15, -0.1) is 13.2 Å². The summed E-state index contributed by atoms with van der Waals surface area (Å²) in [6, 6.07) is 10.1. The minimum Gasteiger partial charge on any atom is -0.405 e. The highest BCUT2D eigenvalue weighted by Gasteiger charge is 2.32. The van der Waals surface area contributed by atoms with Crippen LogP contribution in [0.15, 0.2) is 42.6 Å². The summed E-state index contributed by atoms with van der Waals surface area (Å²) in [5, 5.41) is 0. The molecule has 0 saturated carbocycles. The number of ether oxygens (including phenoxy) is 1. The summed E-state index contributed by atoms with van der Waals surface area (Å²) in [4.78, 5) is 1.94. The standard InChI is InChI=1S/C15H17F3N2O/c1-19(11-13-7-5-9-20(13)2)10-12-6-3-4-8-14(12)21-15(16,17)18/h3-9H,10-11H2,1-2H3. The average Bonchev–Trinajstić information content (AvgIpc) is 2.76. The summed E-state index contributed by atoms with van der Waals surface area (Å²) in [7, 11) is 3.79. The zero-order chi connectivity index (χ0) is 15.5. The van der Waals surface area contributed by atoms with Crippen LogP contribution in [0, 0.1) is 0 Å². The Morgan fingerprint density at radius 1 is 1.10 bits per heavy atom. The summed E-state index contributed by atoms with van der Waals surface area (Å²) in [5.74, 6) is -0.149. The molecule has 1 aromatic heterocycles. The Balaban J connectivity index is 2.07. The Hall–Kier alpha value is -1.95. The molecule has 2 rings (SSSR count). The van der Waals surface area contributed by atoms with Crippen molar-refractivity contribution in [3.63, 3.8) is 0 Å². The highest BCUT2D eigenvalue weighted by Crippen LogP contribution is 2.27. The third-order valence-corrected chi connectivity index (χ3v) is 3.12. The molecule has 0 aliphatic carbocycles. The van der Waals surface area contributed by atoms with E-state index in [1.165, 1.54) is 12.1 Å². The molecule has 0 bridgehead atoms. The van der Waals surface area contributed by atoms with E-state index in [0.29, 0.717) is 18.7 Å². The zero-order valence-electron chi connectivity index (χ0n) is 11.9. The molecule has 0 radical (unpaired) electrons. The minimum atomic E-state index is -4.67. The fraction of sp³-hybridized carbons (Fsp3) is 0.333. The molecule has 0 aliphatic heterocycles. The molecule has 0 aliphatic rings. The minimum absolute atomic E-state index is 0.149. The lowest BCUT2D eigenvalue weighted by atomic mass is 10.2. The molecule has 2 aromatic rings. The van der Waals surface area contributed by atoms with Crippen LogP contribution in [0.4, 0.5) is 13.2 Å². The van der Waals surface area contributed by atoms with E-state index in [2.05, 4.69) is 4.74 Å². The predicted molar refractivity (Wildman–Crippen MR) is 73.7 cm³/mol. The fourth-order valence-electron chi connectivity index (χ4n) is 2.14. The second-order valence-corrected chi connectivity index (χ2v) is 4.94.